The minimum Gasteiger partial charge on any atom is -0.368 e. The van der Waals surface area contributed by atoms with Gasteiger partial charge in [0.05, 0.1) is 0 Å². The Kier molecular flexibility index (Phi) is 5.23. The Bertz CT molecular complexity index is 715. The Morgan fingerprint density at radius 1 is 1.08 bits per heavy atom. The summed E-state index contributed by atoms with van der Waals surface area (Å²) in [6.45, 7) is 1.41. The monoisotopic (exact) mass is 339 g/mol. The third kappa shape index (κ3) is 4.12. The van der Waals surface area contributed by atoms with E-state index in [0.29, 0.717) is 37.4 Å². The summed E-state index contributed by atoms with van der Waals surface area (Å²) in [6.07, 6.45) is 4.78. The second kappa shape index (κ2) is 7.74. The molecule has 2 aromatic rings. The molecule has 1 aromatic carbocycles. The van der Waals surface area contributed by atoms with Crippen LogP contribution in [0.3, 0.4) is 0 Å². The molecule has 1 saturated heterocycles. The number of amides is 2. The SMILES string of the molecule is NC(=O)[C@H](NC(=O)C1CCN(c2ncccn2)CC1)c1ccccc1. The first-order valence-corrected chi connectivity index (χ1v) is 8.32. The lowest BCUT2D eigenvalue weighted by Crippen LogP contribution is -2.44. The smallest absolute Gasteiger partial charge is 0.244 e. The number of primary amides is 1. The van der Waals surface area contributed by atoms with Crippen LogP contribution in [0.2, 0.25) is 0 Å². The van der Waals surface area contributed by atoms with Crippen molar-refractivity contribution in [2.24, 2.45) is 11.7 Å². The Hall–Kier alpha value is -2.96. The number of aromatic nitrogens is 2. The fraction of sp³-hybridized carbons (Fsp3) is 0.333. The number of hydrogen-bond acceptors (Lipinski definition) is 5. The zero-order chi connectivity index (χ0) is 17.6. The van der Waals surface area contributed by atoms with Crippen LogP contribution in [-0.4, -0.2) is 34.9 Å². The van der Waals surface area contributed by atoms with E-state index in [4.69, 9.17) is 5.73 Å². The van der Waals surface area contributed by atoms with Gasteiger partial charge in [-0.1, -0.05) is 30.3 Å². The van der Waals surface area contributed by atoms with E-state index in [2.05, 4.69) is 20.2 Å². The third-order valence-corrected chi connectivity index (χ3v) is 4.40. The zero-order valence-corrected chi connectivity index (χ0v) is 13.8. The molecule has 0 radical (unpaired) electrons. The molecule has 130 valence electrons. The van der Waals surface area contributed by atoms with E-state index in [9.17, 15) is 9.59 Å². The lowest BCUT2D eigenvalue weighted by Gasteiger charge is -2.31. The minimum atomic E-state index is -0.802. The fourth-order valence-electron chi connectivity index (χ4n) is 3.02. The molecule has 0 saturated carbocycles. The number of nitrogens with one attached hydrogen (secondary N) is 1. The van der Waals surface area contributed by atoms with Gasteiger partial charge in [0.15, 0.2) is 0 Å². The maximum atomic E-state index is 12.6. The van der Waals surface area contributed by atoms with Crippen molar-refractivity contribution in [3.8, 4) is 0 Å². The molecule has 25 heavy (non-hydrogen) atoms. The molecule has 0 unspecified atom stereocenters. The molecule has 1 aliphatic rings. The van der Waals surface area contributed by atoms with E-state index in [1.54, 1.807) is 30.6 Å². The lowest BCUT2D eigenvalue weighted by molar-refractivity contribution is -0.130. The van der Waals surface area contributed by atoms with Crippen molar-refractivity contribution in [1.29, 1.82) is 0 Å². The van der Waals surface area contributed by atoms with Gasteiger partial charge in [0.1, 0.15) is 6.04 Å². The Morgan fingerprint density at radius 3 is 2.32 bits per heavy atom. The van der Waals surface area contributed by atoms with E-state index < -0.39 is 11.9 Å². The summed E-state index contributed by atoms with van der Waals surface area (Å²) >= 11 is 0. The molecule has 3 N–H and O–H groups in total. The summed E-state index contributed by atoms with van der Waals surface area (Å²) in [5.74, 6) is -0.165. The molecule has 2 amide bonds. The Morgan fingerprint density at radius 2 is 1.72 bits per heavy atom. The Balaban J connectivity index is 1.59. The molecule has 1 atom stereocenters. The van der Waals surface area contributed by atoms with Crippen molar-refractivity contribution >= 4 is 17.8 Å². The summed E-state index contributed by atoms with van der Waals surface area (Å²) in [5.41, 5.74) is 6.16. The largest absolute Gasteiger partial charge is 0.368 e. The van der Waals surface area contributed by atoms with Crippen molar-refractivity contribution in [2.75, 3.05) is 18.0 Å². The highest BCUT2D eigenvalue weighted by Gasteiger charge is 2.29. The van der Waals surface area contributed by atoms with Crippen LogP contribution in [0.5, 0.6) is 0 Å². The van der Waals surface area contributed by atoms with Crippen molar-refractivity contribution < 1.29 is 9.59 Å². The molecule has 7 heteroatoms. The fourth-order valence-corrected chi connectivity index (χ4v) is 3.02. The number of nitrogens with zero attached hydrogens (tertiary/aromatic N) is 3. The van der Waals surface area contributed by atoms with Crippen molar-refractivity contribution in [1.82, 2.24) is 15.3 Å². The summed E-state index contributed by atoms with van der Waals surface area (Å²) in [7, 11) is 0. The molecule has 7 nitrogen and oxygen atoms in total. The molecule has 1 aliphatic heterocycles. The number of carbonyl (C=O) groups excluding carboxylic acids is 2. The second-order valence-corrected chi connectivity index (χ2v) is 6.06. The van der Waals surface area contributed by atoms with Crippen molar-refractivity contribution in [3.05, 3.63) is 54.4 Å². The predicted octanol–water partition coefficient (Wildman–Crippen LogP) is 1.04. The number of nitrogens with two attached hydrogens (primary N) is 1. The van der Waals surface area contributed by atoms with Crippen LogP contribution in [0.15, 0.2) is 48.8 Å². The molecule has 0 aliphatic carbocycles. The maximum absolute atomic E-state index is 12.6. The lowest BCUT2D eigenvalue weighted by atomic mass is 9.95. The highest BCUT2D eigenvalue weighted by atomic mass is 16.2. The van der Waals surface area contributed by atoms with Gasteiger partial charge in [0.25, 0.3) is 0 Å². The molecular weight excluding hydrogens is 318 g/mol. The van der Waals surface area contributed by atoms with Gasteiger partial charge in [-0.3, -0.25) is 9.59 Å². The van der Waals surface area contributed by atoms with Gasteiger partial charge in [0, 0.05) is 31.4 Å². The molecule has 0 spiro atoms. The number of hydrogen-bond donors (Lipinski definition) is 2. The van der Waals surface area contributed by atoms with Gasteiger partial charge >= 0.3 is 0 Å². The first-order valence-electron chi connectivity index (χ1n) is 8.32. The number of benzene rings is 1. The van der Waals surface area contributed by atoms with E-state index in [1.165, 1.54) is 0 Å². The average molecular weight is 339 g/mol. The molecule has 1 fully saturated rings. The predicted molar refractivity (Wildman–Crippen MR) is 93.5 cm³/mol. The normalized spacial score (nSPS) is 16.2. The minimum absolute atomic E-state index is 0.138. The summed E-state index contributed by atoms with van der Waals surface area (Å²) in [6, 6.07) is 10.0. The van der Waals surface area contributed by atoms with E-state index in [0.717, 1.165) is 0 Å². The van der Waals surface area contributed by atoms with Gasteiger partial charge in [-0.2, -0.15) is 0 Å². The second-order valence-electron chi connectivity index (χ2n) is 6.06. The number of rotatable bonds is 5. The van der Waals surface area contributed by atoms with Crippen LogP contribution in [-0.2, 0) is 9.59 Å². The molecule has 3 rings (SSSR count). The molecule has 0 bridgehead atoms. The summed E-state index contributed by atoms with van der Waals surface area (Å²) in [4.78, 5) is 34.8. The van der Waals surface area contributed by atoms with E-state index in [1.807, 2.05) is 18.2 Å². The van der Waals surface area contributed by atoms with Gasteiger partial charge in [0.2, 0.25) is 17.8 Å². The first-order chi connectivity index (χ1) is 12.1. The van der Waals surface area contributed by atoms with Gasteiger partial charge in [-0.25, -0.2) is 9.97 Å². The van der Waals surface area contributed by atoms with E-state index in [-0.39, 0.29) is 11.8 Å². The standard InChI is InChI=1S/C18H21N5O2/c19-16(24)15(13-5-2-1-3-6-13)22-17(25)14-7-11-23(12-8-14)18-20-9-4-10-21-18/h1-6,9-10,14-15H,7-8,11-12H2,(H2,19,24)(H,22,25)/t15-/m1/s1. The van der Waals surface area contributed by atoms with Crippen molar-refractivity contribution in [3.63, 3.8) is 0 Å². The van der Waals surface area contributed by atoms with Gasteiger partial charge < -0.3 is 16.0 Å². The van der Waals surface area contributed by atoms with Crippen LogP contribution in [0.25, 0.3) is 0 Å². The summed E-state index contributed by atoms with van der Waals surface area (Å²) < 4.78 is 0. The van der Waals surface area contributed by atoms with Gasteiger partial charge in [-0.05, 0) is 24.5 Å². The van der Waals surface area contributed by atoms with Crippen LogP contribution < -0.4 is 16.0 Å². The third-order valence-electron chi connectivity index (χ3n) is 4.40. The number of piperidine rings is 1. The highest BCUT2D eigenvalue weighted by Crippen LogP contribution is 2.22. The Labute approximate surface area is 146 Å². The highest BCUT2D eigenvalue weighted by molar-refractivity contribution is 5.88. The van der Waals surface area contributed by atoms with E-state index >= 15 is 0 Å². The number of anilines is 1. The topological polar surface area (TPSA) is 101 Å². The maximum Gasteiger partial charge on any atom is 0.244 e. The number of carbonyl (C=O) groups is 2. The molecular formula is C18H21N5O2. The van der Waals surface area contributed by atoms with Crippen LogP contribution in [0, 0.1) is 5.92 Å². The first kappa shape index (κ1) is 16.9. The quantitative estimate of drug-likeness (QED) is 0.847. The molecule has 2 heterocycles. The van der Waals surface area contributed by atoms with Gasteiger partial charge in [-0.15, -0.1) is 0 Å². The molecule has 1 aromatic heterocycles. The zero-order valence-electron chi connectivity index (χ0n) is 13.8. The van der Waals surface area contributed by atoms with Crippen molar-refractivity contribution in [2.45, 2.75) is 18.9 Å². The van der Waals surface area contributed by atoms with Crippen LogP contribution in [0.4, 0.5) is 5.95 Å². The van der Waals surface area contributed by atoms with Crippen LogP contribution in [0.1, 0.15) is 24.4 Å². The average Bonchev–Trinajstić information content (AvgIpc) is 2.67. The summed E-state index contributed by atoms with van der Waals surface area (Å²) in [5, 5.41) is 2.79. The van der Waals surface area contributed by atoms with Crippen LogP contribution >= 0.6 is 0 Å².